The molecule has 26 heavy (non-hydrogen) atoms. The van der Waals surface area contributed by atoms with Crippen molar-refractivity contribution in [3.63, 3.8) is 0 Å². The molecule has 0 spiro atoms. The smallest absolute Gasteiger partial charge is 0.123 e. The average Bonchev–Trinajstić information content (AvgIpc) is 3.05. The fourth-order valence-corrected chi connectivity index (χ4v) is 3.73. The lowest BCUT2D eigenvalue weighted by Crippen LogP contribution is -2.32. The fraction of sp³-hybridized carbons (Fsp3) is 0.524. The van der Waals surface area contributed by atoms with Gasteiger partial charge in [0, 0.05) is 31.3 Å². The average molecular weight is 357 g/mol. The number of halogens is 1. The summed E-state index contributed by atoms with van der Waals surface area (Å²) in [6.07, 6.45) is 4.86. The Labute approximate surface area is 155 Å². The van der Waals surface area contributed by atoms with E-state index in [1.165, 1.54) is 11.1 Å². The Morgan fingerprint density at radius 3 is 2.77 bits per heavy atom. The van der Waals surface area contributed by atoms with E-state index in [1.807, 2.05) is 25.1 Å². The molecule has 1 aliphatic heterocycles. The van der Waals surface area contributed by atoms with Gasteiger partial charge in [0.15, 0.2) is 0 Å². The highest BCUT2D eigenvalue weighted by Crippen LogP contribution is 2.36. The van der Waals surface area contributed by atoms with Crippen LogP contribution in [0.5, 0.6) is 0 Å². The Morgan fingerprint density at radius 1 is 1.23 bits per heavy atom. The van der Waals surface area contributed by atoms with Gasteiger partial charge in [-0.2, -0.15) is 10.2 Å². The van der Waals surface area contributed by atoms with E-state index in [0.717, 1.165) is 57.8 Å². The molecule has 0 radical (unpaired) electrons. The minimum absolute atomic E-state index is 0.153. The van der Waals surface area contributed by atoms with Gasteiger partial charge in [0.1, 0.15) is 5.82 Å². The minimum Gasteiger partial charge on any atom is -0.381 e. The summed E-state index contributed by atoms with van der Waals surface area (Å²) >= 11 is 0. The number of benzene rings is 1. The lowest BCUT2D eigenvalue weighted by atomic mass is 9.82. The number of aryl methyl sites for hydroxylation is 2. The molecule has 1 saturated heterocycles. The van der Waals surface area contributed by atoms with Crippen molar-refractivity contribution in [1.82, 2.24) is 15.1 Å². The first-order valence-electron chi connectivity index (χ1n) is 9.42. The van der Waals surface area contributed by atoms with E-state index in [2.05, 4.69) is 22.0 Å². The van der Waals surface area contributed by atoms with Crippen LogP contribution in [0.25, 0.3) is 0 Å². The first-order chi connectivity index (χ1) is 12.6. The summed E-state index contributed by atoms with van der Waals surface area (Å²) in [5, 5.41) is 8.32. The zero-order valence-corrected chi connectivity index (χ0v) is 15.7. The van der Waals surface area contributed by atoms with Crippen LogP contribution in [0.15, 0.2) is 36.5 Å². The van der Waals surface area contributed by atoms with Gasteiger partial charge in [0.05, 0.1) is 12.3 Å². The van der Waals surface area contributed by atoms with Gasteiger partial charge in [-0.05, 0) is 69.0 Å². The van der Waals surface area contributed by atoms with Crippen molar-refractivity contribution >= 4 is 0 Å². The molecule has 2 aromatic rings. The summed E-state index contributed by atoms with van der Waals surface area (Å²) in [5.74, 6) is -0.177. The van der Waals surface area contributed by atoms with Gasteiger partial charge >= 0.3 is 0 Å². The highest BCUT2D eigenvalue weighted by Gasteiger charge is 2.38. The minimum atomic E-state index is -0.177. The molecule has 1 unspecified atom stereocenters. The van der Waals surface area contributed by atoms with Gasteiger partial charge in [0.2, 0.25) is 0 Å². The van der Waals surface area contributed by atoms with E-state index < -0.39 is 0 Å². The van der Waals surface area contributed by atoms with Crippen LogP contribution in [0.1, 0.15) is 36.6 Å². The quantitative estimate of drug-likeness (QED) is 0.720. The SMILES string of the molecule is CCOCC1(CCc2ccc(F)cc2)CCN(Cc2nnccc2C)C1. The number of hydrogen-bond donors (Lipinski definition) is 0. The van der Waals surface area contributed by atoms with E-state index in [1.54, 1.807) is 18.3 Å². The molecule has 2 heterocycles. The molecule has 0 saturated carbocycles. The maximum Gasteiger partial charge on any atom is 0.123 e. The van der Waals surface area contributed by atoms with Crippen LogP contribution in [0.2, 0.25) is 0 Å². The molecule has 1 aromatic heterocycles. The lowest BCUT2D eigenvalue weighted by molar-refractivity contribution is 0.0488. The zero-order chi connectivity index (χ0) is 18.4. The van der Waals surface area contributed by atoms with Gasteiger partial charge in [-0.3, -0.25) is 4.90 Å². The van der Waals surface area contributed by atoms with Crippen LogP contribution in [-0.4, -0.2) is 41.4 Å². The van der Waals surface area contributed by atoms with E-state index in [4.69, 9.17) is 4.74 Å². The molecule has 0 bridgehead atoms. The highest BCUT2D eigenvalue weighted by molar-refractivity contribution is 5.17. The van der Waals surface area contributed by atoms with Crippen LogP contribution < -0.4 is 0 Å². The second kappa shape index (κ2) is 8.69. The predicted molar refractivity (Wildman–Crippen MR) is 100 cm³/mol. The van der Waals surface area contributed by atoms with Crippen molar-refractivity contribution in [2.45, 2.75) is 39.7 Å². The van der Waals surface area contributed by atoms with E-state index in [9.17, 15) is 4.39 Å². The second-order valence-corrected chi connectivity index (χ2v) is 7.39. The van der Waals surface area contributed by atoms with E-state index in [-0.39, 0.29) is 11.2 Å². The van der Waals surface area contributed by atoms with Crippen molar-refractivity contribution in [1.29, 1.82) is 0 Å². The van der Waals surface area contributed by atoms with Crippen LogP contribution in [0.3, 0.4) is 0 Å². The maximum absolute atomic E-state index is 13.1. The predicted octanol–water partition coefficient (Wildman–Crippen LogP) is 3.79. The van der Waals surface area contributed by atoms with Crippen LogP contribution in [0, 0.1) is 18.2 Å². The second-order valence-electron chi connectivity index (χ2n) is 7.39. The molecule has 1 aromatic carbocycles. The van der Waals surface area contributed by atoms with Gasteiger partial charge < -0.3 is 4.74 Å². The van der Waals surface area contributed by atoms with Gasteiger partial charge in [-0.25, -0.2) is 4.39 Å². The van der Waals surface area contributed by atoms with Gasteiger partial charge in [-0.15, -0.1) is 0 Å². The number of rotatable bonds is 8. The number of likely N-dealkylation sites (tertiary alicyclic amines) is 1. The molecule has 1 aliphatic rings. The molecule has 1 atom stereocenters. The molecule has 5 heteroatoms. The molecule has 4 nitrogen and oxygen atoms in total. The van der Waals surface area contributed by atoms with Gasteiger partial charge in [-0.1, -0.05) is 12.1 Å². The Hall–Kier alpha value is -1.85. The molecule has 0 aliphatic carbocycles. The molecule has 0 amide bonds. The highest BCUT2D eigenvalue weighted by atomic mass is 19.1. The van der Waals surface area contributed by atoms with Crippen LogP contribution in [-0.2, 0) is 17.7 Å². The number of aromatic nitrogens is 2. The summed E-state index contributed by atoms with van der Waals surface area (Å²) in [7, 11) is 0. The van der Waals surface area contributed by atoms with Crippen molar-refractivity contribution in [2.24, 2.45) is 5.41 Å². The third-order valence-corrected chi connectivity index (χ3v) is 5.39. The summed E-state index contributed by atoms with van der Waals surface area (Å²) in [5.41, 5.74) is 3.58. The molecular formula is C21H28FN3O. The van der Waals surface area contributed by atoms with Gasteiger partial charge in [0.25, 0.3) is 0 Å². The zero-order valence-electron chi connectivity index (χ0n) is 15.7. The summed E-state index contributed by atoms with van der Waals surface area (Å²) in [6, 6.07) is 8.88. The lowest BCUT2D eigenvalue weighted by Gasteiger charge is -2.29. The Balaban J connectivity index is 1.64. The molecule has 0 N–H and O–H groups in total. The van der Waals surface area contributed by atoms with Crippen LogP contribution in [0.4, 0.5) is 4.39 Å². The van der Waals surface area contributed by atoms with Crippen molar-refractivity contribution in [2.75, 3.05) is 26.3 Å². The number of ether oxygens (including phenoxy) is 1. The third-order valence-electron chi connectivity index (χ3n) is 5.39. The molecule has 1 fully saturated rings. The molecular weight excluding hydrogens is 329 g/mol. The first kappa shape index (κ1) is 18.9. The summed E-state index contributed by atoms with van der Waals surface area (Å²) in [4.78, 5) is 2.46. The first-order valence-corrected chi connectivity index (χ1v) is 9.42. The monoisotopic (exact) mass is 357 g/mol. The standard InChI is InChI=1S/C21H28FN3O/c1-3-26-16-21(10-8-18-4-6-19(22)7-5-18)11-13-25(15-21)14-20-17(2)9-12-23-24-20/h4-7,9,12H,3,8,10-11,13-16H2,1-2H3. The Morgan fingerprint density at radius 2 is 2.04 bits per heavy atom. The Bertz CT molecular complexity index is 707. The number of hydrogen-bond acceptors (Lipinski definition) is 4. The van der Waals surface area contributed by atoms with Crippen LogP contribution >= 0.6 is 0 Å². The number of nitrogens with zero attached hydrogens (tertiary/aromatic N) is 3. The Kier molecular flexibility index (Phi) is 6.33. The largest absolute Gasteiger partial charge is 0.381 e. The normalized spacial score (nSPS) is 20.6. The summed E-state index contributed by atoms with van der Waals surface area (Å²) in [6.45, 7) is 8.54. The molecule has 140 valence electrons. The molecule has 3 rings (SSSR count). The van der Waals surface area contributed by atoms with E-state index in [0.29, 0.717) is 0 Å². The van der Waals surface area contributed by atoms with Crippen molar-refractivity contribution in [3.05, 3.63) is 59.2 Å². The summed E-state index contributed by atoms with van der Waals surface area (Å²) < 4.78 is 19.0. The van der Waals surface area contributed by atoms with Crippen molar-refractivity contribution < 1.29 is 9.13 Å². The van der Waals surface area contributed by atoms with E-state index >= 15 is 0 Å². The third kappa shape index (κ3) is 4.86. The fourth-order valence-electron chi connectivity index (χ4n) is 3.73. The maximum atomic E-state index is 13.1. The topological polar surface area (TPSA) is 38.2 Å². The van der Waals surface area contributed by atoms with Crippen molar-refractivity contribution in [3.8, 4) is 0 Å².